The van der Waals surface area contributed by atoms with Gasteiger partial charge in [0, 0.05) is 6.20 Å². The van der Waals surface area contributed by atoms with Crippen molar-refractivity contribution in [3.8, 4) is 6.07 Å². The lowest BCUT2D eigenvalue weighted by Crippen LogP contribution is -2.06. The standard InChI is InChI=1S/C9H9N3/c1-7-4-12-8(5-11-7)9(6-10)2-3-9/h4-5H,2-3H2,1H3. The molecular weight excluding hydrogens is 150 g/mol. The Morgan fingerprint density at radius 2 is 2.17 bits per heavy atom. The Bertz CT molecular complexity index is 330. The fourth-order valence-electron chi connectivity index (χ4n) is 1.19. The van der Waals surface area contributed by atoms with Gasteiger partial charge in [0.15, 0.2) is 0 Å². The van der Waals surface area contributed by atoms with Gasteiger partial charge in [-0.3, -0.25) is 9.97 Å². The van der Waals surface area contributed by atoms with E-state index >= 15 is 0 Å². The zero-order valence-electron chi connectivity index (χ0n) is 6.91. The topological polar surface area (TPSA) is 49.6 Å². The minimum atomic E-state index is -0.291. The van der Waals surface area contributed by atoms with E-state index in [-0.39, 0.29) is 5.41 Å². The highest BCUT2D eigenvalue weighted by molar-refractivity contribution is 5.32. The summed E-state index contributed by atoms with van der Waals surface area (Å²) in [7, 11) is 0. The number of hydrogen-bond acceptors (Lipinski definition) is 3. The van der Waals surface area contributed by atoms with E-state index < -0.39 is 0 Å². The van der Waals surface area contributed by atoms with Gasteiger partial charge in [0.2, 0.25) is 0 Å². The van der Waals surface area contributed by atoms with Crippen LogP contribution < -0.4 is 0 Å². The van der Waals surface area contributed by atoms with E-state index in [1.807, 2.05) is 6.92 Å². The maximum Gasteiger partial charge on any atom is 0.101 e. The number of aryl methyl sites for hydroxylation is 1. The van der Waals surface area contributed by atoms with Crippen LogP contribution in [-0.4, -0.2) is 9.97 Å². The van der Waals surface area contributed by atoms with Crippen LogP contribution in [0.4, 0.5) is 0 Å². The summed E-state index contributed by atoms with van der Waals surface area (Å²) in [6, 6.07) is 2.29. The van der Waals surface area contributed by atoms with Gasteiger partial charge in [-0.25, -0.2) is 0 Å². The molecule has 1 aliphatic rings. The summed E-state index contributed by atoms with van der Waals surface area (Å²) < 4.78 is 0. The van der Waals surface area contributed by atoms with Crippen molar-refractivity contribution in [2.45, 2.75) is 25.2 Å². The van der Waals surface area contributed by atoms with Crippen molar-refractivity contribution in [2.24, 2.45) is 0 Å². The van der Waals surface area contributed by atoms with Crippen LogP contribution in [0.1, 0.15) is 24.2 Å². The first-order valence-electron chi connectivity index (χ1n) is 3.97. The van der Waals surface area contributed by atoms with Crippen molar-refractivity contribution < 1.29 is 0 Å². The highest BCUT2D eigenvalue weighted by Gasteiger charge is 2.46. The first kappa shape index (κ1) is 7.23. The average molecular weight is 159 g/mol. The Morgan fingerprint density at radius 3 is 2.58 bits per heavy atom. The normalized spacial score (nSPS) is 18.3. The summed E-state index contributed by atoms with van der Waals surface area (Å²) in [5.74, 6) is 0. The lowest BCUT2D eigenvalue weighted by molar-refractivity contribution is 0.834. The van der Waals surface area contributed by atoms with Gasteiger partial charge in [0.1, 0.15) is 5.41 Å². The number of hydrogen-bond donors (Lipinski definition) is 0. The molecule has 1 aromatic heterocycles. The van der Waals surface area contributed by atoms with Crippen LogP contribution in [-0.2, 0) is 5.41 Å². The molecule has 12 heavy (non-hydrogen) atoms. The lowest BCUT2D eigenvalue weighted by Gasteiger charge is -2.02. The van der Waals surface area contributed by atoms with E-state index in [9.17, 15) is 0 Å². The molecule has 1 fully saturated rings. The zero-order chi connectivity index (χ0) is 8.60. The zero-order valence-corrected chi connectivity index (χ0v) is 6.91. The summed E-state index contributed by atoms with van der Waals surface area (Å²) in [4.78, 5) is 8.32. The Kier molecular flexibility index (Phi) is 1.37. The maximum absolute atomic E-state index is 8.86. The summed E-state index contributed by atoms with van der Waals surface area (Å²) >= 11 is 0. The van der Waals surface area contributed by atoms with Gasteiger partial charge < -0.3 is 0 Å². The molecule has 0 radical (unpaired) electrons. The fraction of sp³-hybridized carbons (Fsp3) is 0.444. The molecule has 0 spiro atoms. The molecule has 1 heterocycles. The summed E-state index contributed by atoms with van der Waals surface area (Å²) in [5.41, 5.74) is 1.43. The summed E-state index contributed by atoms with van der Waals surface area (Å²) in [6.07, 6.45) is 5.29. The van der Waals surface area contributed by atoms with Gasteiger partial charge in [-0.2, -0.15) is 5.26 Å². The highest BCUT2D eigenvalue weighted by Crippen LogP contribution is 2.46. The van der Waals surface area contributed by atoms with E-state index in [2.05, 4.69) is 16.0 Å². The first-order chi connectivity index (χ1) is 5.77. The molecule has 0 bridgehead atoms. The van der Waals surface area contributed by atoms with Gasteiger partial charge in [0.25, 0.3) is 0 Å². The van der Waals surface area contributed by atoms with Crippen molar-refractivity contribution in [1.82, 2.24) is 9.97 Å². The van der Waals surface area contributed by atoms with Gasteiger partial charge in [-0.1, -0.05) is 0 Å². The molecule has 60 valence electrons. The van der Waals surface area contributed by atoms with Crippen LogP contribution in [0.25, 0.3) is 0 Å². The molecule has 2 rings (SSSR count). The molecule has 0 N–H and O–H groups in total. The summed E-state index contributed by atoms with van der Waals surface area (Å²) in [6.45, 7) is 1.89. The van der Waals surface area contributed by atoms with Crippen LogP contribution in [0, 0.1) is 18.3 Å². The lowest BCUT2D eigenvalue weighted by atomic mass is 10.1. The quantitative estimate of drug-likeness (QED) is 0.621. The van der Waals surface area contributed by atoms with Gasteiger partial charge in [-0.05, 0) is 19.8 Å². The van der Waals surface area contributed by atoms with Crippen molar-refractivity contribution >= 4 is 0 Å². The minimum Gasteiger partial charge on any atom is -0.258 e. The Hall–Kier alpha value is -1.43. The third kappa shape index (κ3) is 0.964. The van der Waals surface area contributed by atoms with E-state index in [1.165, 1.54) is 0 Å². The monoisotopic (exact) mass is 159 g/mol. The van der Waals surface area contributed by atoms with Gasteiger partial charge in [0.05, 0.1) is 23.7 Å². The van der Waals surface area contributed by atoms with Gasteiger partial charge in [-0.15, -0.1) is 0 Å². The second-order valence-electron chi connectivity index (χ2n) is 3.24. The maximum atomic E-state index is 8.86. The van der Waals surface area contributed by atoms with Crippen LogP contribution in [0.15, 0.2) is 12.4 Å². The van der Waals surface area contributed by atoms with E-state index in [0.717, 1.165) is 24.2 Å². The smallest absolute Gasteiger partial charge is 0.101 e. The SMILES string of the molecule is Cc1cnc(C2(C#N)CC2)cn1. The molecule has 0 unspecified atom stereocenters. The Labute approximate surface area is 71.1 Å². The first-order valence-corrected chi connectivity index (χ1v) is 3.97. The Morgan fingerprint density at radius 1 is 1.42 bits per heavy atom. The fourth-order valence-corrected chi connectivity index (χ4v) is 1.19. The largest absolute Gasteiger partial charge is 0.258 e. The molecule has 0 saturated heterocycles. The molecule has 3 nitrogen and oxygen atoms in total. The van der Waals surface area contributed by atoms with Gasteiger partial charge >= 0.3 is 0 Å². The van der Waals surface area contributed by atoms with E-state index in [4.69, 9.17) is 5.26 Å². The highest BCUT2D eigenvalue weighted by atomic mass is 14.8. The van der Waals surface area contributed by atoms with Crippen molar-refractivity contribution in [3.05, 3.63) is 23.8 Å². The molecule has 1 saturated carbocycles. The number of nitrogens with zero attached hydrogens (tertiary/aromatic N) is 3. The molecule has 1 aromatic rings. The molecular formula is C9H9N3. The number of nitriles is 1. The molecule has 0 atom stereocenters. The molecule has 1 aliphatic carbocycles. The summed E-state index contributed by atoms with van der Waals surface area (Å²) in [5, 5.41) is 8.86. The van der Waals surface area contributed by atoms with Crippen LogP contribution in [0.3, 0.4) is 0 Å². The predicted octanol–water partition coefficient (Wildman–Crippen LogP) is 1.34. The molecule has 0 aromatic carbocycles. The van der Waals surface area contributed by atoms with Crippen molar-refractivity contribution in [2.75, 3.05) is 0 Å². The number of rotatable bonds is 1. The van der Waals surface area contributed by atoms with Crippen LogP contribution >= 0.6 is 0 Å². The second kappa shape index (κ2) is 2.28. The number of aromatic nitrogens is 2. The molecule has 3 heteroatoms. The average Bonchev–Trinajstić information content (AvgIpc) is 2.86. The third-order valence-electron chi connectivity index (χ3n) is 2.24. The van der Waals surface area contributed by atoms with Crippen molar-refractivity contribution in [3.63, 3.8) is 0 Å². The molecule has 0 amide bonds. The van der Waals surface area contributed by atoms with E-state index in [0.29, 0.717) is 0 Å². The third-order valence-corrected chi connectivity index (χ3v) is 2.24. The van der Waals surface area contributed by atoms with E-state index in [1.54, 1.807) is 12.4 Å². The predicted molar refractivity (Wildman–Crippen MR) is 43.3 cm³/mol. The van der Waals surface area contributed by atoms with Crippen molar-refractivity contribution in [1.29, 1.82) is 5.26 Å². The second-order valence-corrected chi connectivity index (χ2v) is 3.24. The minimum absolute atomic E-state index is 0.291. The van der Waals surface area contributed by atoms with Crippen LogP contribution in [0.5, 0.6) is 0 Å². The Balaban J connectivity index is 2.37. The molecule has 0 aliphatic heterocycles. The van der Waals surface area contributed by atoms with Crippen LogP contribution in [0.2, 0.25) is 0 Å².